The second-order valence-corrected chi connectivity index (χ2v) is 24.9. The predicted octanol–water partition coefficient (Wildman–Crippen LogP) is 7.93. The van der Waals surface area contributed by atoms with Crippen LogP contribution in [-0.2, 0) is 38.4 Å². The van der Waals surface area contributed by atoms with Gasteiger partial charge in [-0.25, -0.2) is 0 Å². The number of imide groups is 4. The highest BCUT2D eigenvalue weighted by atomic mass is 16.2. The number of carbonyl (C=O) groups excluding carboxylic acids is 8. The zero-order valence-electron chi connectivity index (χ0n) is 42.1. The molecule has 70 heavy (non-hydrogen) atoms. The van der Waals surface area contributed by atoms with Crippen molar-refractivity contribution in [1.29, 1.82) is 0 Å². The summed E-state index contributed by atoms with van der Waals surface area (Å²) in [5, 5.41) is 0. The van der Waals surface area contributed by atoms with Crippen LogP contribution in [0.1, 0.15) is 130 Å². The van der Waals surface area contributed by atoms with Gasteiger partial charge in [-0.2, -0.15) is 0 Å². The lowest BCUT2D eigenvalue weighted by Gasteiger charge is -2.28. The fourth-order valence-electron chi connectivity index (χ4n) is 17.0. The van der Waals surface area contributed by atoms with Crippen molar-refractivity contribution in [2.24, 2.45) is 106 Å². The monoisotopic (exact) mass is 957 g/mol. The molecule has 4 heterocycles. The van der Waals surface area contributed by atoms with Gasteiger partial charge in [-0.1, -0.05) is 141 Å². The topological polar surface area (TPSA) is 150 Å². The van der Waals surface area contributed by atoms with E-state index in [9.17, 15) is 38.4 Å². The third-order valence-electron chi connectivity index (χ3n) is 20.7. The van der Waals surface area contributed by atoms with Gasteiger partial charge >= 0.3 is 0 Å². The molecule has 16 atom stereocenters. The average molecular weight is 957 g/mol. The van der Waals surface area contributed by atoms with Crippen LogP contribution < -0.4 is 0 Å². The Labute approximate surface area is 414 Å². The second-order valence-electron chi connectivity index (χ2n) is 24.9. The molecule has 0 aromatic rings. The Morgan fingerprint density at radius 2 is 0.486 bits per heavy atom. The molecule has 4 saturated heterocycles. The molecule has 4 saturated carbocycles. The SMILES string of the molecule is CC1(C)C2C=CC1C1C(=O)N(CCCCCCCCCN3C(=O)C4C(C3=O)C3C=CC4C3(C)C)C(=O)C12.O=C1C2C3C=CC(C3)C2C(=O)N1CCCCCCCCCN1C(=O)C2C3C=CC(C3)C2C1=O. The van der Waals surface area contributed by atoms with E-state index in [4.69, 9.17) is 0 Å². The minimum Gasteiger partial charge on any atom is -0.282 e. The van der Waals surface area contributed by atoms with Crippen molar-refractivity contribution in [3.05, 3.63) is 48.6 Å². The molecule has 16 unspecified atom stereocenters. The summed E-state index contributed by atoms with van der Waals surface area (Å²) in [7, 11) is 0. The van der Waals surface area contributed by atoms with Gasteiger partial charge in [0.2, 0.25) is 47.3 Å². The van der Waals surface area contributed by atoms with Gasteiger partial charge in [0.1, 0.15) is 0 Å². The normalized spacial score (nSPS) is 39.6. The van der Waals surface area contributed by atoms with Gasteiger partial charge in [0.05, 0.1) is 47.3 Å². The van der Waals surface area contributed by atoms with E-state index in [1.54, 1.807) is 19.6 Å². The summed E-state index contributed by atoms with van der Waals surface area (Å²) in [6, 6.07) is 0. The molecule has 12 heteroatoms. The third kappa shape index (κ3) is 7.37. The molecule has 0 aromatic carbocycles. The summed E-state index contributed by atoms with van der Waals surface area (Å²) in [4.78, 5) is 109. The molecule has 12 nitrogen and oxygen atoms in total. The Bertz CT molecular complexity index is 2060. The van der Waals surface area contributed by atoms with Crippen LogP contribution in [0, 0.1) is 106 Å². The maximum Gasteiger partial charge on any atom is 0.233 e. The van der Waals surface area contributed by atoms with E-state index in [0.29, 0.717) is 49.9 Å². The van der Waals surface area contributed by atoms with E-state index in [-0.39, 0.29) is 129 Å². The molecular formula is C58H76N4O8. The van der Waals surface area contributed by atoms with E-state index >= 15 is 0 Å². The van der Waals surface area contributed by atoms with Crippen LogP contribution in [0.4, 0.5) is 0 Å². The van der Waals surface area contributed by atoms with Gasteiger partial charge in [-0.05, 0) is 96.7 Å². The van der Waals surface area contributed by atoms with Crippen molar-refractivity contribution < 1.29 is 38.4 Å². The molecule has 8 amide bonds. The van der Waals surface area contributed by atoms with E-state index < -0.39 is 0 Å². The number of hydrogen-bond donors (Lipinski definition) is 0. The largest absolute Gasteiger partial charge is 0.282 e. The summed E-state index contributed by atoms with van der Waals surface area (Å²) in [6.07, 6.45) is 33.4. The number of likely N-dealkylation sites (tertiary alicyclic amines) is 4. The standard InChI is InChI=1S/C31H42N2O4.C27H34N2O4/c1-30(2)18-12-13-19(30)23-22(18)26(34)32(27(23)35)16-10-8-6-5-7-9-11-17-33-28(36)24-20-14-15-21(31(20,3)4)25(24)29(33)37;30-24-20-16-8-9-17(14-16)21(20)25(31)28(24)12-6-4-2-1-3-5-7-13-29-26(32)22-18-10-11-19(15-18)23(22)27(29)33/h12-15,18-25H,5-11,16-17H2,1-4H3;8-11,16-23H,1-7,12-15H2. The van der Waals surface area contributed by atoms with Gasteiger partial charge < -0.3 is 0 Å². The lowest BCUT2D eigenvalue weighted by molar-refractivity contribution is -0.143. The van der Waals surface area contributed by atoms with Crippen molar-refractivity contribution in [3.8, 4) is 0 Å². The van der Waals surface area contributed by atoms with E-state index in [1.165, 1.54) is 0 Å². The summed E-state index contributed by atoms with van der Waals surface area (Å²) < 4.78 is 0. The van der Waals surface area contributed by atoms with E-state index in [0.717, 1.165) is 103 Å². The molecule has 8 bridgehead atoms. The number of unbranched alkanes of at least 4 members (excludes halogenated alkanes) is 12. The molecule has 0 spiro atoms. The molecule has 0 N–H and O–H groups in total. The van der Waals surface area contributed by atoms with Crippen molar-refractivity contribution in [2.75, 3.05) is 26.2 Å². The van der Waals surface area contributed by atoms with Gasteiger partial charge in [0, 0.05) is 26.2 Å². The number of amides is 8. The average Bonchev–Trinajstić information content (AvgIpc) is 4.25. The lowest BCUT2D eigenvalue weighted by Crippen LogP contribution is -2.37. The first-order valence-electron chi connectivity index (χ1n) is 27.8. The predicted molar refractivity (Wildman–Crippen MR) is 261 cm³/mol. The first kappa shape index (κ1) is 47.8. The minimum absolute atomic E-state index is 0.0226. The first-order valence-corrected chi connectivity index (χ1v) is 27.8. The summed E-state index contributed by atoms with van der Waals surface area (Å²) in [6.45, 7) is 11.0. The highest BCUT2D eigenvalue weighted by Crippen LogP contribution is 2.64. The maximum atomic E-state index is 13.0. The maximum absolute atomic E-state index is 13.0. The molecule has 4 aliphatic heterocycles. The third-order valence-corrected chi connectivity index (χ3v) is 20.7. The van der Waals surface area contributed by atoms with Crippen molar-refractivity contribution in [2.45, 2.75) is 130 Å². The highest BCUT2D eigenvalue weighted by Gasteiger charge is 2.68. The number of fused-ring (bicyclic) bond motifs is 20. The van der Waals surface area contributed by atoms with Crippen LogP contribution in [0.25, 0.3) is 0 Å². The number of allylic oxidation sites excluding steroid dienone is 8. The fourth-order valence-corrected chi connectivity index (χ4v) is 17.0. The lowest BCUT2D eigenvalue weighted by atomic mass is 9.78. The van der Waals surface area contributed by atoms with Gasteiger partial charge in [-0.3, -0.25) is 58.0 Å². The Kier molecular flexibility index (Phi) is 12.5. The molecule has 0 aromatic heterocycles. The van der Waals surface area contributed by atoms with Crippen molar-refractivity contribution >= 4 is 47.3 Å². The summed E-state index contributed by atoms with van der Waals surface area (Å²) in [5.41, 5.74) is 0.0452. The zero-order chi connectivity index (χ0) is 49.0. The van der Waals surface area contributed by atoms with Gasteiger partial charge in [-0.15, -0.1) is 0 Å². The van der Waals surface area contributed by atoms with Crippen LogP contribution in [0.5, 0.6) is 0 Å². The summed E-state index contributed by atoms with van der Waals surface area (Å²) >= 11 is 0. The fraction of sp³-hybridized carbons (Fsp3) is 0.724. The minimum atomic E-state index is -0.135. The highest BCUT2D eigenvalue weighted by molar-refractivity contribution is 6.08. The van der Waals surface area contributed by atoms with Crippen molar-refractivity contribution in [1.82, 2.24) is 19.6 Å². The Morgan fingerprint density at radius 3 is 0.700 bits per heavy atom. The van der Waals surface area contributed by atoms with Crippen LogP contribution in [0.15, 0.2) is 48.6 Å². The van der Waals surface area contributed by atoms with Crippen LogP contribution in [0.3, 0.4) is 0 Å². The Balaban J connectivity index is 0.000000153. The van der Waals surface area contributed by atoms with Crippen LogP contribution in [0.2, 0.25) is 0 Å². The molecule has 12 rings (SSSR count). The first-order chi connectivity index (χ1) is 33.6. The zero-order valence-corrected chi connectivity index (χ0v) is 42.1. The molecule has 8 fully saturated rings. The Morgan fingerprint density at radius 1 is 0.300 bits per heavy atom. The number of rotatable bonds is 20. The van der Waals surface area contributed by atoms with E-state index in [1.807, 2.05) is 0 Å². The number of nitrogens with zero attached hydrogens (tertiary/aromatic N) is 4. The number of carbonyl (C=O) groups is 8. The molecular weight excluding hydrogens is 881 g/mol. The molecule has 12 aliphatic rings. The molecule has 376 valence electrons. The second kappa shape index (κ2) is 18.2. The quantitative estimate of drug-likeness (QED) is 0.0679. The van der Waals surface area contributed by atoms with Crippen LogP contribution in [-0.4, -0.2) is 93.0 Å². The molecule has 0 radical (unpaired) electrons. The van der Waals surface area contributed by atoms with E-state index in [2.05, 4.69) is 76.3 Å². The smallest absolute Gasteiger partial charge is 0.233 e. The number of hydrogen-bond acceptors (Lipinski definition) is 8. The van der Waals surface area contributed by atoms with Gasteiger partial charge in [0.25, 0.3) is 0 Å². The van der Waals surface area contributed by atoms with Crippen molar-refractivity contribution in [3.63, 3.8) is 0 Å². The Hall–Kier alpha value is -4.48. The summed E-state index contributed by atoms with van der Waals surface area (Å²) in [5.74, 6) is 1.64. The van der Waals surface area contributed by atoms with Gasteiger partial charge in [0.15, 0.2) is 0 Å². The molecule has 8 aliphatic carbocycles. The van der Waals surface area contributed by atoms with Crippen LogP contribution >= 0.6 is 0 Å².